The molecule has 2 aromatic heterocycles. The Morgan fingerprint density at radius 2 is 1.96 bits per heavy atom. The van der Waals surface area contributed by atoms with Crippen LogP contribution in [0.4, 0.5) is 0 Å². The van der Waals surface area contributed by atoms with Crippen molar-refractivity contribution in [2.45, 2.75) is 45.3 Å². The molecule has 0 bridgehead atoms. The van der Waals surface area contributed by atoms with Crippen molar-refractivity contribution < 1.29 is 13.2 Å². The summed E-state index contributed by atoms with van der Waals surface area (Å²) < 4.78 is 29.5. The van der Waals surface area contributed by atoms with Crippen molar-refractivity contribution in [2.24, 2.45) is 7.05 Å². The predicted octanol–water partition coefficient (Wildman–Crippen LogP) is 0.463. The topological polar surface area (TPSA) is 106 Å². The highest BCUT2D eigenvalue weighted by atomic mass is 32.2. The highest BCUT2D eigenvalue weighted by Crippen LogP contribution is 2.33. The van der Waals surface area contributed by atoms with Crippen molar-refractivity contribution in [3.8, 4) is 0 Å². The van der Waals surface area contributed by atoms with Crippen LogP contribution in [0.5, 0.6) is 0 Å². The third kappa shape index (κ3) is 3.32. The molecule has 0 N–H and O–H groups in total. The number of hydrogen-bond acceptors (Lipinski definition) is 6. The first-order valence-corrected chi connectivity index (χ1v) is 11.3. The lowest BCUT2D eigenvalue weighted by Gasteiger charge is -2.34. The molecule has 0 radical (unpaired) electrons. The number of hydrogen-bond donors (Lipinski definition) is 0. The van der Waals surface area contributed by atoms with Crippen molar-refractivity contribution in [3.05, 3.63) is 29.1 Å². The molecule has 0 spiro atoms. The predicted molar refractivity (Wildman–Crippen MR) is 101 cm³/mol. The minimum atomic E-state index is -3.31. The van der Waals surface area contributed by atoms with Crippen molar-refractivity contribution in [1.82, 2.24) is 33.8 Å². The van der Waals surface area contributed by atoms with Crippen molar-refractivity contribution in [1.29, 1.82) is 0 Å². The molecule has 0 aromatic carbocycles. The molecule has 1 atom stereocenters. The highest BCUT2D eigenvalue weighted by Gasteiger charge is 2.36. The van der Waals surface area contributed by atoms with Crippen LogP contribution in [-0.4, -0.2) is 67.4 Å². The highest BCUT2D eigenvalue weighted by molar-refractivity contribution is 7.88. The van der Waals surface area contributed by atoms with Gasteiger partial charge in [0.25, 0.3) is 5.91 Å². The van der Waals surface area contributed by atoms with E-state index in [1.807, 2.05) is 11.5 Å². The van der Waals surface area contributed by atoms with E-state index < -0.39 is 10.0 Å². The van der Waals surface area contributed by atoms with Gasteiger partial charge < -0.3 is 9.47 Å². The number of sulfonamides is 1. The van der Waals surface area contributed by atoms with Gasteiger partial charge in [0.2, 0.25) is 10.0 Å². The molecule has 2 aliphatic heterocycles. The Morgan fingerprint density at radius 1 is 1.18 bits per heavy atom. The lowest BCUT2D eigenvalue weighted by Crippen LogP contribution is -2.42. The SMILES string of the molecule is Cc1nn(C)cc1C(=O)N1CCn2c(nnc2C2CCCCN2S(C)(=O)=O)C1. The number of piperidine rings is 1. The van der Waals surface area contributed by atoms with Gasteiger partial charge >= 0.3 is 0 Å². The average Bonchev–Trinajstić information content (AvgIpc) is 3.22. The second-order valence-electron chi connectivity index (χ2n) is 7.54. The maximum absolute atomic E-state index is 12.9. The number of fused-ring (bicyclic) bond motifs is 1. The van der Waals surface area contributed by atoms with Gasteiger partial charge in [0.15, 0.2) is 11.6 Å². The summed E-state index contributed by atoms with van der Waals surface area (Å²) in [5, 5.41) is 12.8. The Kier molecular flexibility index (Phi) is 4.74. The van der Waals surface area contributed by atoms with Crippen LogP contribution in [0.3, 0.4) is 0 Å². The quantitative estimate of drug-likeness (QED) is 0.732. The van der Waals surface area contributed by atoms with Crippen molar-refractivity contribution >= 4 is 15.9 Å². The first-order chi connectivity index (χ1) is 13.3. The number of rotatable bonds is 3. The second kappa shape index (κ2) is 6.96. The fourth-order valence-corrected chi connectivity index (χ4v) is 5.26. The van der Waals surface area contributed by atoms with E-state index in [2.05, 4.69) is 15.3 Å². The molecule has 1 saturated heterocycles. The van der Waals surface area contributed by atoms with Crippen LogP contribution in [0.1, 0.15) is 53.0 Å². The van der Waals surface area contributed by atoms with Gasteiger partial charge in [-0.2, -0.15) is 9.40 Å². The Labute approximate surface area is 164 Å². The van der Waals surface area contributed by atoms with Gasteiger partial charge in [-0.1, -0.05) is 6.42 Å². The van der Waals surface area contributed by atoms with Crippen LogP contribution in [-0.2, 0) is 30.2 Å². The second-order valence-corrected chi connectivity index (χ2v) is 9.47. The van der Waals surface area contributed by atoms with Gasteiger partial charge in [0.05, 0.1) is 30.1 Å². The van der Waals surface area contributed by atoms with Gasteiger partial charge in [0.1, 0.15) is 0 Å². The lowest BCUT2D eigenvalue weighted by atomic mass is 10.0. The molecular weight excluding hydrogens is 382 g/mol. The molecule has 1 unspecified atom stereocenters. The van der Waals surface area contributed by atoms with E-state index >= 15 is 0 Å². The van der Waals surface area contributed by atoms with E-state index in [9.17, 15) is 13.2 Å². The molecule has 4 heterocycles. The van der Waals surface area contributed by atoms with Gasteiger partial charge in [-0.05, 0) is 19.8 Å². The van der Waals surface area contributed by atoms with Gasteiger partial charge in [-0.25, -0.2) is 8.42 Å². The molecule has 1 amide bonds. The minimum absolute atomic E-state index is 0.0724. The summed E-state index contributed by atoms with van der Waals surface area (Å²) in [7, 11) is -1.52. The number of carbonyl (C=O) groups is 1. The normalized spacial score (nSPS) is 21.0. The fraction of sp³-hybridized carbons (Fsp3) is 0.647. The van der Waals surface area contributed by atoms with Crippen LogP contribution in [0.25, 0.3) is 0 Å². The molecule has 11 heteroatoms. The Balaban J connectivity index is 1.58. The number of amides is 1. The zero-order valence-corrected chi connectivity index (χ0v) is 17.2. The van der Waals surface area contributed by atoms with Crippen molar-refractivity contribution in [2.75, 3.05) is 19.3 Å². The fourth-order valence-electron chi connectivity index (χ4n) is 4.14. The standard InChI is InChI=1S/C17H25N7O3S/c1-12-13(10-21(2)20-12)17(25)22-8-9-23-15(11-22)18-19-16(23)14-6-4-5-7-24(14)28(3,26)27/h10,14H,4-9,11H2,1-3H3. The maximum atomic E-state index is 12.9. The van der Waals surface area contributed by atoms with Gasteiger partial charge in [-0.15, -0.1) is 10.2 Å². The summed E-state index contributed by atoms with van der Waals surface area (Å²) >= 11 is 0. The first kappa shape index (κ1) is 19.1. The van der Waals surface area contributed by atoms with E-state index in [1.54, 1.807) is 22.8 Å². The first-order valence-electron chi connectivity index (χ1n) is 9.44. The Hall–Kier alpha value is -2.27. The van der Waals surface area contributed by atoms with Crippen LogP contribution in [0.2, 0.25) is 0 Å². The molecule has 28 heavy (non-hydrogen) atoms. The summed E-state index contributed by atoms with van der Waals surface area (Å²) in [5.74, 6) is 1.30. The number of nitrogens with zero attached hydrogens (tertiary/aromatic N) is 7. The van der Waals surface area contributed by atoms with Crippen LogP contribution in [0.15, 0.2) is 6.20 Å². The number of carbonyl (C=O) groups excluding carboxylic acids is 1. The molecule has 152 valence electrons. The van der Waals surface area contributed by atoms with Crippen LogP contribution < -0.4 is 0 Å². The van der Waals surface area contributed by atoms with E-state index in [1.165, 1.54) is 10.6 Å². The van der Waals surface area contributed by atoms with E-state index in [0.29, 0.717) is 49.1 Å². The smallest absolute Gasteiger partial charge is 0.257 e. The van der Waals surface area contributed by atoms with Gasteiger partial charge in [0, 0.05) is 32.9 Å². The number of aryl methyl sites for hydroxylation is 2. The summed E-state index contributed by atoms with van der Waals surface area (Å²) in [4.78, 5) is 14.6. The Bertz CT molecular complexity index is 1010. The zero-order chi connectivity index (χ0) is 20.1. The number of aromatic nitrogens is 5. The van der Waals surface area contributed by atoms with Crippen LogP contribution >= 0.6 is 0 Å². The summed E-state index contributed by atoms with van der Waals surface area (Å²) in [5.41, 5.74) is 1.29. The molecule has 0 saturated carbocycles. The third-order valence-corrected chi connectivity index (χ3v) is 6.78. The molecule has 2 aliphatic rings. The van der Waals surface area contributed by atoms with Crippen molar-refractivity contribution in [3.63, 3.8) is 0 Å². The molecule has 4 rings (SSSR count). The zero-order valence-electron chi connectivity index (χ0n) is 16.4. The van der Waals surface area contributed by atoms with E-state index in [0.717, 1.165) is 19.3 Å². The largest absolute Gasteiger partial charge is 0.329 e. The molecule has 0 aliphatic carbocycles. The van der Waals surface area contributed by atoms with Crippen LogP contribution in [0, 0.1) is 6.92 Å². The Morgan fingerprint density at radius 3 is 2.64 bits per heavy atom. The van der Waals surface area contributed by atoms with Gasteiger partial charge in [-0.3, -0.25) is 9.48 Å². The molecule has 1 fully saturated rings. The van der Waals surface area contributed by atoms with E-state index in [-0.39, 0.29) is 11.9 Å². The molecule has 2 aromatic rings. The minimum Gasteiger partial charge on any atom is -0.329 e. The summed E-state index contributed by atoms with van der Waals surface area (Å²) in [6.07, 6.45) is 5.54. The molecule has 10 nitrogen and oxygen atoms in total. The summed E-state index contributed by atoms with van der Waals surface area (Å²) in [6.45, 7) is 3.76. The average molecular weight is 408 g/mol. The molecular formula is C17H25N7O3S. The lowest BCUT2D eigenvalue weighted by molar-refractivity contribution is 0.0704. The summed E-state index contributed by atoms with van der Waals surface area (Å²) in [6, 6.07) is -0.284. The monoisotopic (exact) mass is 407 g/mol. The maximum Gasteiger partial charge on any atom is 0.257 e. The van der Waals surface area contributed by atoms with E-state index in [4.69, 9.17) is 0 Å². The third-order valence-electron chi connectivity index (χ3n) is 5.49.